The molecule has 1 aromatic heterocycles. The van der Waals surface area contributed by atoms with E-state index >= 15 is 0 Å². The van der Waals surface area contributed by atoms with E-state index in [-0.39, 0.29) is 0 Å². The van der Waals surface area contributed by atoms with E-state index in [2.05, 4.69) is 29.8 Å². The van der Waals surface area contributed by atoms with E-state index in [1.54, 1.807) is 7.11 Å². The number of aromatic nitrogens is 1. The molecule has 2 rings (SSSR count). The first-order valence-corrected chi connectivity index (χ1v) is 6.44. The summed E-state index contributed by atoms with van der Waals surface area (Å²) in [6.07, 6.45) is 4.51. The first-order chi connectivity index (χ1) is 8.20. The Kier molecular flexibility index (Phi) is 4.00. The lowest BCUT2D eigenvalue weighted by Gasteiger charge is -2.26. The molecule has 1 aliphatic rings. The second-order valence-corrected chi connectivity index (χ2v) is 5.18. The number of likely N-dealkylation sites (tertiary alicyclic amines) is 1. The number of hydrogen-bond donors (Lipinski definition) is 0. The summed E-state index contributed by atoms with van der Waals surface area (Å²) < 4.78 is 5.10. The summed E-state index contributed by atoms with van der Waals surface area (Å²) >= 11 is 0. The highest BCUT2D eigenvalue weighted by atomic mass is 16.5. The average molecular weight is 234 g/mol. The SMILES string of the molecule is COc1ccc([C@@H]2CCCN2CC(C)C)cn1. The third-order valence-corrected chi connectivity index (χ3v) is 3.32. The fourth-order valence-electron chi connectivity index (χ4n) is 2.60. The van der Waals surface area contributed by atoms with E-state index in [4.69, 9.17) is 4.74 Å². The summed E-state index contributed by atoms with van der Waals surface area (Å²) in [6, 6.07) is 4.66. The van der Waals surface area contributed by atoms with Crippen molar-refractivity contribution in [3.63, 3.8) is 0 Å². The Morgan fingerprint density at radius 1 is 1.47 bits per heavy atom. The molecule has 1 aliphatic heterocycles. The molecule has 17 heavy (non-hydrogen) atoms. The van der Waals surface area contributed by atoms with Gasteiger partial charge in [0.1, 0.15) is 0 Å². The molecule has 1 saturated heterocycles. The highest BCUT2D eigenvalue weighted by Gasteiger charge is 2.26. The van der Waals surface area contributed by atoms with Crippen molar-refractivity contribution < 1.29 is 4.74 Å². The number of nitrogens with zero attached hydrogens (tertiary/aromatic N) is 2. The van der Waals surface area contributed by atoms with Crippen LogP contribution in [-0.2, 0) is 0 Å². The molecule has 3 heteroatoms. The molecular formula is C14H22N2O. The molecule has 1 fully saturated rings. The van der Waals surface area contributed by atoms with E-state index in [1.165, 1.54) is 31.5 Å². The monoisotopic (exact) mass is 234 g/mol. The number of hydrogen-bond acceptors (Lipinski definition) is 3. The van der Waals surface area contributed by atoms with Gasteiger partial charge in [0, 0.05) is 24.8 Å². The standard InChI is InChI=1S/C14H22N2O/c1-11(2)10-16-8-4-5-13(16)12-6-7-14(17-3)15-9-12/h6-7,9,11,13H,4-5,8,10H2,1-3H3/t13-/m0/s1. The summed E-state index contributed by atoms with van der Waals surface area (Å²) in [5.74, 6) is 1.42. The Bertz CT molecular complexity index is 348. The maximum atomic E-state index is 5.10. The summed E-state index contributed by atoms with van der Waals surface area (Å²) in [5, 5.41) is 0. The largest absolute Gasteiger partial charge is 0.481 e. The van der Waals surface area contributed by atoms with Crippen LogP contribution in [0.15, 0.2) is 18.3 Å². The van der Waals surface area contributed by atoms with Crippen LogP contribution in [0.4, 0.5) is 0 Å². The molecule has 0 bridgehead atoms. The van der Waals surface area contributed by atoms with Gasteiger partial charge in [-0.05, 0) is 30.9 Å². The van der Waals surface area contributed by atoms with Gasteiger partial charge < -0.3 is 4.74 Å². The number of ether oxygens (including phenoxy) is 1. The zero-order chi connectivity index (χ0) is 12.3. The average Bonchev–Trinajstić information content (AvgIpc) is 2.76. The van der Waals surface area contributed by atoms with Crippen LogP contribution in [-0.4, -0.2) is 30.1 Å². The quantitative estimate of drug-likeness (QED) is 0.801. The Morgan fingerprint density at radius 3 is 2.88 bits per heavy atom. The predicted octanol–water partition coefficient (Wildman–Crippen LogP) is 2.88. The molecule has 0 saturated carbocycles. The van der Waals surface area contributed by atoms with Crippen LogP contribution >= 0.6 is 0 Å². The van der Waals surface area contributed by atoms with E-state index in [0.717, 1.165) is 5.92 Å². The van der Waals surface area contributed by atoms with Crippen LogP contribution in [0.25, 0.3) is 0 Å². The van der Waals surface area contributed by atoms with Gasteiger partial charge in [0.2, 0.25) is 5.88 Å². The van der Waals surface area contributed by atoms with Gasteiger partial charge in [-0.2, -0.15) is 0 Å². The molecule has 0 unspecified atom stereocenters. The number of pyridine rings is 1. The van der Waals surface area contributed by atoms with Crippen molar-refractivity contribution in [2.24, 2.45) is 5.92 Å². The van der Waals surface area contributed by atoms with E-state index < -0.39 is 0 Å². The molecule has 1 aromatic rings. The fourth-order valence-corrected chi connectivity index (χ4v) is 2.60. The van der Waals surface area contributed by atoms with Crippen molar-refractivity contribution in [1.29, 1.82) is 0 Å². The van der Waals surface area contributed by atoms with Crippen molar-refractivity contribution >= 4 is 0 Å². The molecule has 2 heterocycles. The Hall–Kier alpha value is -1.09. The van der Waals surface area contributed by atoms with Crippen molar-refractivity contribution in [2.45, 2.75) is 32.7 Å². The van der Waals surface area contributed by atoms with Crippen LogP contribution < -0.4 is 4.74 Å². The molecular weight excluding hydrogens is 212 g/mol. The van der Waals surface area contributed by atoms with Gasteiger partial charge in [-0.1, -0.05) is 19.9 Å². The third-order valence-electron chi connectivity index (χ3n) is 3.32. The maximum Gasteiger partial charge on any atom is 0.212 e. The van der Waals surface area contributed by atoms with Crippen LogP contribution in [0.1, 0.15) is 38.3 Å². The summed E-state index contributed by atoms with van der Waals surface area (Å²) in [6.45, 7) is 6.95. The molecule has 3 nitrogen and oxygen atoms in total. The van der Waals surface area contributed by atoms with Crippen molar-refractivity contribution in [1.82, 2.24) is 9.88 Å². The van der Waals surface area contributed by atoms with Crippen LogP contribution in [0.2, 0.25) is 0 Å². The maximum absolute atomic E-state index is 5.10. The van der Waals surface area contributed by atoms with E-state index in [1.807, 2.05) is 12.3 Å². The third kappa shape index (κ3) is 2.97. The molecule has 0 radical (unpaired) electrons. The lowest BCUT2D eigenvalue weighted by Crippen LogP contribution is -2.27. The van der Waals surface area contributed by atoms with Crippen molar-refractivity contribution in [2.75, 3.05) is 20.2 Å². The minimum atomic E-state index is 0.552. The lowest BCUT2D eigenvalue weighted by atomic mass is 10.1. The zero-order valence-electron chi connectivity index (χ0n) is 11.0. The minimum Gasteiger partial charge on any atom is -0.481 e. The van der Waals surface area contributed by atoms with Crippen molar-refractivity contribution in [3.05, 3.63) is 23.9 Å². The normalized spacial score (nSPS) is 21.1. The van der Waals surface area contributed by atoms with Gasteiger partial charge in [0.15, 0.2) is 0 Å². The first-order valence-electron chi connectivity index (χ1n) is 6.44. The Labute approximate surface area is 104 Å². The summed E-state index contributed by atoms with van der Waals surface area (Å²) in [7, 11) is 1.66. The highest BCUT2D eigenvalue weighted by molar-refractivity contribution is 5.21. The first kappa shape index (κ1) is 12.4. The highest BCUT2D eigenvalue weighted by Crippen LogP contribution is 2.32. The van der Waals surface area contributed by atoms with Crippen LogP contribution in [0.5, 0.6) is 5.88 Å². The van der Waals surface area contributed by atoms with Gasteiger partial charge in [-0.25, -0.2) is 4.98 Å². The second kappa shape index (κ2) is 5.50. The molecule has 1 atom stereocenters. The summed E-state index contributed by atoms with van der Waals surface area (Å²) in [4.78, 5) is 6.88. The number of rotatable bonds is 4. The molecule has 0 spiro atoms. The van der Waals surface area contributed by atoms with Crippen LogP contribution in [0, 0.1) is 5.92 Å². The minimum absolute atomic E-state index is 0.552. The smallest absolute Gasteiger partial charge is 0.212 e. The molecule has 94 valence electrons. The Balaban J connectivity index is 2.08. The van der Waals surface area contributed by atoms with E-state index in [0.29, 0.717) is 11.9 Å². The Morgan fingerprint density at radius 2 is 2.29 bits per heavy atom. The summed E-state index contributed by atoms with van der Waals surface area (Å²) in [5.41, 5.74) is 1.32. The molecule has 0 aromatic carbocycles. The van der Waals surface area contributed by atoms with Gasteiger partial charge in [0.25, 0.3) is 0 Å². The molecule has 0 N–H and O–H groups in total. The zero-order valence-corrected chi connectivity index (χ0v) is 11.0. The number of methoxy groups -OCH3 is 1. The van der Waals surface area contributed by atoms with Crippen LogP contribution in [0.3, 0.4) is 0 Å². The lowest BCUT2D eigenvalue weighted by molar-refractivity contribution is 0.228. The van der Waals surface area contributed by atoms with Gasteiger partial charge in [-0.15, -0.1) is 0 Å². The topological polar surface area (TPSA) is 25.4 Å². The fraction of sp³-hybridized carbons (Fsp3) is 0.643. The second-order valence-electron chi connectivity index (χ2n) is 5.18. The van der Waals surface area contributed by atoms with E-state index in [9.17, 15) is 0 Å². The molecule has 0 amide bonds. The molecule has 0 aliphatic carbocycles. The van der Waals surface area contributed by atoms with Gasteiger partial charge >= 0.3 is 0 Å². The van der Waals surface area contributed by atoms with Crippen molar-refractivity contribution in [3.8, 4) is 5.88 Å². The predicted molar refractivity (Wildman–Crippen MR) is 69.2 cm³/mol. The van der Waals surface area contributed by atoms with Gasteiger partial charge in [-0.3, -0.25) is 4.90 Å². The van der Waals surface area contributed by atoms with Gasteiger partial charge in [0.05, 0.1) is 7.11 Å².